The van der Waals surface area contributed by atoms with Crippen LogP contribution in [0.4, 0.5) is 0 Å². The van der Waals surface area contributed by atoms with Crippen LogP contribution in [0, 0.1) is 0 Å². The highest BCUT2D eigenvalue weighted by molar-refractivity contribution is 8.00. The van der Waals surface area contributed by atoms with Crippen molar-refractivity contribution in [2.45, 2.75) is 11.4 Å². The molecule has 26 heavy (non-hydrogen) atoms. The van der Waals surface area contributed by atoms with Gasteiger partial charge >= 0.3 is 5.97 Å². The summed E-state index contributed by atoms with van der Waals surface area (Å²) in [6.07, 6.45) is 1.36. The van der Waals surface area contributed by atoms with E-state index in [9.17, 15) is 24.6 Å². The molecule has 1 aromatic heterocycles. The van der Waals surface area contributed by atoms with Crippen molar-refractivity contribution in [1.82, 2.24) is 10.2 Å². The lowest BCUT2D eigenvalue weighted by Gasteiger charge is -2.49. The van der Waals surface area contributed by atoms with Crippen LogP contribution in [0.25, 0.3) is 0 Å². The Labute approximate surface area is 151 Å². The number of aliphatic hydroxyl groups excluding tert-OH is 1. The molecule has 10 nitrogen and oxygen atoms in total. The van der Waals surface area contributed by atoms with Crippen molar-refractivity contribution in [1.29, 1.82) is 0 Å². The highest BCUT2D eigenvalue weighted by Gasteiger charge is 2.54. The number of furan rings is 1. The van der Waals surface area contributed by atoms with Gasteiger partial charge in [-0.1, -0.05) is 5.16 Å². The van der Waals surface area contributed by atoms with Crippen molar-refractivity contribution in [3.05, 3.63) is 35.4 Å². The summed E-state index contributed by atoms with van der Waals surface area (Å²) in [4.78, 5) is 42.0. The number of carboxylic acids is 1. The number of nitrogens with zero attached hydrogens (tertiary/aromatic N) is 2. The summed E-state index contributed by atoms with van der Waals surface area (Å²) in [5.41, 5.74) is -0.118. The van der Waals surface area contributed by atoms with Crippen LogP contribution in [-0.4, -0.2) is 69.5 Å². The molecule has 1 fully saturated rings. The van der Waals surface area contributed by atoms with Gasteiger partial charge in [0.05, 0.1) is 12.9 Å². The van der Waals surface area contributed by atoms with Gasteiger partial charge in [0.2, 0.25) is 5.71 Å². The third-order valence-corrected chi connectivity index (χ3v) is 5.22. The van der Waals surface area contributed by atoms with E-state index in [1.807, 2.05) is 0 Å². The first kappa shape index (κ1) is 18.0. The summed E-state index contributed by atoms with van der Waals surface area (Å²) in [5.74, 6) is -2.15. The number of carbonyl (C=O) groups excluding carboxylic acids is 2. The predicted molar refractivity (Wildman–Crippen MR) is 89.0 cm³/mol. The van der Waals surface area contributed by atoms with Crippen LogP contribution in [0.2, 0.25) is 0 Å². The number of hydrogen-bond donors (Lipinski definition) is 3. The fraction of sp³-hybridized carbons (Fsp3) is 0.333. The van der Waals surface area contributed by atoms with E-state index >= 15 is 0 Å². The molecule has 1 saturated heterocycles. The van der Waals surface area contributed by atoms with Gasteiger partial charge in [-0.25, -0.2) is 4.79 Å². The first-order chi connectivity index (χ1) is 12.5. The minimum Gasteiger partial charge on any atom is -0.477 e. The van der Waals surface area contributed by atoms with Gasteiger partial charge < -0.3 is 24.8 Å². The van der Waals surface area contributed by atoms with Gasteiger partial charge in [0, 0.05) is 5.75 Å². The smallest absolute Gasteiger partial charge is 0.352 e. The molecule has 11 heteroatoms. The Bertz CT molecular complexity index is 802. The average Bonchev–Trinajstić information content (AvgIpc) is 3.16. The van der Waals surface area contributed by atoms with Crippen LogP contribution in [0.15, 0.2) is 39.2 Å². The molecule has 138 valence electrons. The maximum Gasteiger partial charge on any atom is 0.352 e. The second kappa shape index (κ2) is 7.22. The monoisotopic (exact) mass is 381 g/mol. The number of fused-ring (bicyclic) bond motifs is 1. The van der Waals surface area contributed by atoms with Crippen LogP contribution in [-0.2, 0) is 19.2 Å². The molecule has 2 aliphatic rings. The zero-order chi connectivity index (χ0) is 18.8. The van der Waals surface area contributed by atoms with E-state index in [0.717, 1.165) is 4.90 Å². The SMILES string of the molecule is CO/N=C(\C(=O)NC1C(=O)N2C(C(=O)O)=C(CO)CSC12)c1ccco1. The molecule has 0 aliphatic carbocycles. The molecule has 3 N–H and O–H groups in total. The van der Waals surface area contributed by atoms with Crippen LogP contribution >= 0.6 is 11.8 Å². The predicted octanol–water partition coefficient (Wildman–Crippen LogP) is -0.639. The molecule has 3 rings (SSSR count). The van der Waals surface area contributed by atoms with Crippen molar-refractivity contribution in [3.63, 3.8) is 0 Å². The highest BCUT2D eigenvalue weighted by Crippen LogP contribution is 2.40. The summed E-state index contributed by atoms with van der Waals surface area (Å²) in [6.45, 7) is -0.453. The summed E-state index contributed by atoms with van der Waals surface area (Å²) in [7, 11) is 1.27. The maximum absolute atomic E-state index is 12.5. The summed E-state index contributed by atoms with van der Waals surface area (Å²) in [6, 6.07) is 2.17. The van der Waals surface area contributed by atoms with Crippen molar-refractivity contribution in [3.8, 4) is 0 Å². The Hall–Kier alpha value is -2.79. The minimum atomic E-state index is -1.30. The summed E-state index contributed by atoms with van der Waals surface area (Å²) in [5, 5.41) is 24.2. The van der Waals surface area contributed by atoms with Crippen LogP contribution < -0.4 is 5.32 Å². The number of carbonyl (C=O) groups is 3. The highest BCUT2D eigenvalue weighted by atomic mass is 32.2. The lowest BCUT2D eigenvalue weighted by Crippen LogP contribution is -2.71. The standard InChI is InChI=1S/C15H15N3O7S/c1-24-17-9(8-3-2-4-25-8)12(20)16-10-13(21)18-11(15(22)23)7(5-19)6-26-14(10)18/h2-4,10,14,19H,5-6H2,1H3,(H,16,20)(H,22,23)/b17-9-. The number of carboxylic acid groups (broad SMARTS) is 1. The van der Waals surface area contributed by atoms with Gasteiger partial charge in [-0.3, -0.25) is 14.5 Å². The molecule has 0 saturated carbocycles. The van der Waals surface area contributed by atoms with E-state index < -0.39 is 35.8 Å². The van der Waals surface area contributed by atoms with Gasteiger partial charge in [0.15, 0.2) is 5.76 Å². The zero-order valence-electron chi connectivity index (χ0n) is 13.5. The number of aliphatic carboxylic acids is 1. The Kier molecular flexibility index (Phi) is 5.00. The van der Waals surface area contributed by atoms with Gasteiger partial charge in [-0.15, -0.1) is 11.8 Å². The first-order valence-corrected chi connectivity index (χ1v) is 8.51. The summed E-state index contributed by atoms with van der Waals surface area (Å²) < 4.78 is 5.13. The molecule has 0 aromatic carbocycles. The second-order valence-electron chi connectivity index (χ2n) is 5.38. The molecule has 2 unspecified atom stereocenters. The topological polar surface area (TPSA) is 142 Å². The van der Waals surface area contributed by atoms with E-state index in [-0.39, 0.29) is 28.5 Å². The average molecular weight is 381 g/mol. The summed E-state index contributed by atoms with van der Waals surface area (Å²) >= 11 is 1.26. The molecule has 2 amide bonds. The number of amides is 2. The van der Waals surface area contributed by atoms with Crippen molar-refractivity contribution < 1.29 is 33.9 Å². The Balaban J connectivity index is 1.78. The lowest BCUT2D eigenvalue weighted by atomic mass is 10.0. The maximum atomic E-state index is 12.5. The van der Waals surface area contributed by atoms with Gasteiger partial charge in [-0.05, 0) is 17.7 Å². The van der Waals surface area contributed by atoms with Crippen molar-refractivity contribution >= 4 is 35.3 Å². The second-order valence-corrected chi connectivity index (χ2v) is 6.48. The molecule has 2 aliphatic heterocycles. The largest absolute Gasteiger partial charge is 0.477 e. The van der Waals surface area contributed by atoms with E-state index in [4.69, 9.17) is 4.42 Å². The van der Waals surface area contributed by atoms with Crippen LogP contribution in [0.5, 0.6) is 0 Å². The van der Waals surface area contributed by atoms with E-state index in [1.165, 1.54) is 31.2 Å². The molecular formula is C15H15N3O7S. The van der Waals surface area contributed by atoms with Crippen LogP contribution in [0.3, 0.4) is 0 Å². The molecule has 0 spiro atoms. The molecular weight excluding hydrogens is 366 g/mol. The number of β-lactam (4-membered cyclic amide) rings is 1. The number of thioether (sulfide) groups is 1. The minimum absolute atomic E-state index is 0.144. The number of hydrogen-bond acceptors (Lipinski definition) is 8. The fourth-order valence-corrected chi connectivity index (χ4v) is 4.05. The first-order valence-electron chi connectivity index (χ1n) is 7.46. The fourth-order valence-electron chi connectivity index (χ4n) is 2.72. The molecule has 0 radical (unpaired) electrons. The normalized spacial score (nSPS) is 22.6. The van der Waals surface area contributed by atoms with Gasteiger partial charge in [0.1, 0.15) is 24.2 Å². The number of aliphatic hydroxyl groups is 1. The third-order valence-electron chi connectivity index (χ3n) is 3.88. The molecule has 1 aromatic rings. The van der Waals surface area contributed by atoms with Crippen LogP contribution in [0.1, 0.15) is 5.76 Å². The Morgan fingerprint density at radius 1 is 1.54 bits per heavy atom. The van der Waals surface area contributed by atoms with E-state index in [2.05, 4.69) is 15.3 Å². The zero-order valence-corrected chi connectivity index (χ0v) is 14.4. The van der Waals surface area contributed by atoms with E-state index in [1.54, 1.807) is 6.07 Å². The molecule has 2 atom stereocenters. The Morgan fingerprint density at radius 3 is 2.88 bits per heavy atom. The Morgan fingerprint density at radius 2 is 2.31 bits per heavy atom. The van der Waals surface area contributed by atoms with Gasteiger partial charge in [0.25, 0.3) is 11.8 Å². The number of oxime groups is 1. The van der Waals surface area contributed by atoms with Crippen molar-refractivity contribution in [2.75, 3.05) is 19.5 Å². The van der Waals surface area contributed by atoms with Gasteiger partial charge in [-0.2, -0.15) is 0 Å². The third kappa shape index (κ3) is 2.95. The molecule has 0 bridgehead atoms. The molecule has 3 heterocycles. The lowest BCUT2D eigenvalue weighted by molar-refractivity contribution is -0.150. The van der Waals surface area contributed by atoms with Crippen molar-refractivity contribution in [2.24, 2.45) is 5.16 Å². The number of nitrogens with one attached hydrogen (secondary N) is 1. The van der Waals surface area contributed by atoms with E-state index in [0.29, 0.717) is 0 Å². The quantitative estimate of drug-likeness (QED) is 0.336. The number of rotatable bonds is 6.